The maximum atomic E-state index is 12.0. The number of nitrogens with one attached hydrogen (secondary N) is 1. The summed E-state index contributed by atoms with van der Waals surface area (Å²) < 4.78 is 0. The van der Waals surface area contributed by atoms with Crippen molar-refractivity contribution in [1.82, 2.24) is 19.8 Å². The average Bonchev–Trinajstić information content (AvgIpc) is 3.08. The SMILES string of the molecule is O=C(O)[C@@H](c1c[nH]c2ccccc12)N1CCN(Cc2ccccn2)CC1. The van der Waals surface area contributed by atoms with Crippen LogP contribution >= 0.6 is 0 Å². The lowest BCUT2D eigenvalue weighted by Gasteiger charge is -2.37. The Labute approximate surface area is 152 Å². The molecule has 0 radical (unpaired) electrons. The number of carboxylic acids is 1. The van der Waals surface area contributed by atoms with E-state index in [1.165, 1.54) is 0 Å². The monoisotopic (exact) mass is 350 g/mol. The second-order valence-corrected chi connectivity index (χ2v) is 6.66. The van der Waals surface area contributed by atoms with Crippen LogP contribution < -0.4 is 0 Å². The second kappa shape index (κ2) is 7.27. The molecule has 1 saturated heterocycles. The van der Waals surface area contributed by atoms with E-state index in [0.29, 0.717) is 0 Å². The van der Waals surface area contributed by atoms with Crippen LogP contribution in [0.15, 0.2) is 54.9 Å². The Hall–Kier alpha value is -2.70. The van der Waals surface area contributed by atoms with Gasteiger partial charge in [-0.3, -0.25) is 19.6 Å². The van der Waals surface area contributed by atoms with E-state index >= 15 is 0 Å². The Morgan fingerprint density at radius 2 is 1.88 bits per heavy atom. The lowest BCUT2D eigenvalue weighted by Crippen LogP contribution is -2.48. The van der Waals surface area contributed by atoms with Crippen molar-refractivity contribution in [2.24, 2.45) is 0 Å². The van der Waals surface area contributed by atoms with Crippen LogP contribution in [0.1, 0.15) is 17.3 Å². The molecule has 4 rings (SSSR count). The average molecular weight is 350 g/mol. The molecule has 0 unspecified atom stereocenters. The van der Waals surface area contributed by atoms with Crippen LogP contribution in [0.4, 0.5) is 0 Å². The number of aliphatic carboxylic acids is 1. The summed E-state index contributed by atoms with van der Waals surface area (Å²) in [5.74, 6) is -0.798. The molecule has 6 heteroatoms. The number of hydrogen-bond donors (Lipinski definition) is 2. The van der Waals surface area contributed by atoms with E-state index in [9.17, 15) is 9.90 Å². The standard InChI is InChI=1S/C20H22N4O2/c25-20(26)19(17-13-22-18-7-2-1-6-16(17)18)24-11-9-23(10-12-24)14-15-5-3-4-8-21-15/h1-8,13,19,22H,9-12,14H2,(H,25,26)/t19-/m1/s1. The summed E-state index contributed by atoms with van der Waals surface area (Å²) in [5.41, 5.74) is 2.86. The zero-order valence-corrected chi connectivity index (χ0v) is 14.5. The third-order valence-corrected chi connectivity index (χ3v) is 5.03. The summed E-state index contributed by atoms with van der Waals surface area (Å²) in [6.45, 7) is 3.93. The molecule has 26 heavy (non-hydrogen) atoms. The molecule has 3 aromatic rings. The summed E-state index contributed by atoms with van der Waals surface area (Å²) in [6.07, 6.45) is 3.65. The van der Waals surface area contributed by atoms with Gasteiger partial charge in [-0.1, -0.05) is 24.3 Å². The highest BCUT2D eigenvalue weighted by Crippen LogP contribution is 2.29. The summed E-state index contributed by atoms with van der Waals surface area (Å²) >= 11 is 0. The van der Waals surface area contributed by atoms with E-state index in [-0.39, 0.29) is 0 Å². The van der Waals surface area contributed by atoms with Crippen molar-refractivity contribution in [2.75, 3.05) is 26.2 Å². The number of fused-ring (bicyclic) bond motifs is 1. The van der Waals surface area contributed by atoms with Gasteiger partial charge in [-0.05, 0) is 18.2 Å². The van der Waals surface area contributed by atoms with E-state index in [0.717, 1.165) is 54.9 Å². The normalized spacial score (nSPS) is 17.4. The van der Waals surface area contributed by atoms with Crippen LogP contribution in [0.5, 0.6) is 0 Å². The number of pyridine rings is 1. The number of piperazine rings is 1. The van der Waals surface area contributed by atoms with Gasteiger partial charge in [0.2, 0.25) is 0 Å². The fourth-order valence-electron chi connectivity index (χ4n) is 3.71. The van der Waals surface area contributed by atoms with Crippen LogP contribution in [0.3, 0.4) is 0 Å². The van der Waals surface area contributed by atoms with Gasteiger partial charge in [0.25, 0.3) is 0 Å². The molecule has 0 aliphatic carbocycles. The number of H-pyrrole nitrogens is 1. The predicted molar refractivity (Wildman–Crippen MR) is 99.8 cm³/mol. The fraction of sp³-hybridized carbons (Fsp3) is 0.300. The molecule has 2 aromatic heterocycles. The van der Waals surface area contributed by atoms with Crippen LogP contribution in [-0.2, 0) is 11.3 Å². The molecule has 0 amide bonds. The molecule has 6 nitrogen and oxygen atoms in total. The largest absolute Gasteiger partial charge is 0.480 e. The highest BCUT2D eigenvalue weighted by molar-refractivity contribution is 5.89. The second-order valence-electron chi connectivity index (χ2n) is 6.66. The lowest BCUT2D eigenvalue weighted by atomic mass is 10.0. The molecular weight excluding hydrogens is 328 g/mol. The highest BCUT2D eigenvalue weighted by Gasteiger charge is 2.32. The molecule has 0 spiro atoms. The molecule has 134 valence electrons. The van der Waals surface area contributed by atoms with E-state index in [2.05, 4.69) is 19.8 Å². The molecule has 1 aliphatic rings. The van der Waals surface area contributed by atoms with E-state index in [4.69, 9.17) is 0 Å². The van der Waals surface area contributed by atoms with Gasteiger partial charge in [0, 0.05) is 61.6 Å². The van der Waals surface area contributed by atoms with Gasteiger partial charge in [-0.2, -0.15) is 0 Å². The first-order chi connectivity index (χ1) is 12.7. The summed E-state index contributed by atoms with van der Waals surface area (Å²) in [7, 11) is 0. The van der Waals surface area contributed by atoms with Gasteiger partial charge in [-0.25, -0.2) is 0 Å². The molecule has 1 aliphatic heterocycles. The molecule has 1 aromatic carbocycles. The zero-order valence-electron chi connectivity index (χ0n) is 14.5. The Balaban J connectivity index is 1.48. The number of hydrogen-bond acceptors (Lipinski definition) is 4. The Morgan fingerprint density at radius 3 is 2.62 bits per heavy atom. The van der Waals surface area contributed by atoms with E-state index < -0.39 is 12.0 Å². The number of benzene rings is 1. The molecular formula is C20H22N4O2. The third kappa shape index (κ3) is 3.34. The maximum Gasteiger partial charge on any atom is 0.325 e. The smallest absolute Gasteiger partial charge is 0.325 e. The van der Waals surface area contributed by atoms with Gasteiger partial charge in [0.15, 0.2) is 0 Å². The van der Waals surface area contributed by atoms with Crippen LogP contribution in [0.2, 0.25) is 0 Å². The topological polar surface area (TPSA) is 72.5 Å². The molecule has 3 heterocycles. The molecule has 1 fully saturated rings. The number of carboxylic acid groups (broad SMARTS) is 1. The first kappa shape index (κ1) is 16.8. The lowest BCUT2D eigenvalue weighted by molar-refractivity contribution is -0.144. The minimum atomic E-state index is -0.798. The number of aromatic amines is 1. The van der Waals surface area contributed by atoms with Crippen molar-refractivity contribution >= 4 is 16.9 Å². The van der Waals surface area contributed by atoms with Crippen LogP contribution in [0, 0.1) is 0 Å². The van der Waals surface area contributed by atoms with Gasteiger partial charge in [-0.15, -0.1) is 0 Å². The number of rotatable bonds is 5. The number of aromatic nitrogens is 2. The van der Waals surface area contributed by atoms with E-state index in [1.54, 1.807) is 0 Å². The first-order valence-electron chi connectivity index (χ1n) is 8.87. The first-order valence-corrected chi connectivity index (χ1v) is 8.87. The zero-order chi connectivity index (χ0) is 17.9. The van der Waals surface area contributed by atoms with Crippen molar-refractivity contribution in [3.8, 4) is 0 Å². The number of carbonyl (C=O) groups is 1. The van der Waals surface area contributed by atoms with Crippen molar-refractivity contribution in [2.45, 2.75) is 12.6 Å². The Bertz CT molecular complexity index is 885. The van der Waals surface area contributed by atoms with Crippen LogP contribution in [0.25, 0.3) is 10.9 Å². The number of nitrogens with zero attached hydrogens (tertiary/aromatic N) is 3. The molecule has 0 bridgehead atoms. The minimum Gasteiger partial charge on any atom is -0.480 e. The summed E-state index contributed by atoms with van der Waals surface area (Å²) in [4.78, 5) is 24.0. The van der Waals surface area contributed by atoms with Gasteiger partial charge in [0.1, 0.15) is 6.04 Å². The quantitative estimate of drug-likeness (QED) is 0.740. The fourth-order valence-corrected chi connectivity index (χ4v) is 3.71. The van der Waals surface area contributed by atoms with Crippen molar-refractivity contribution in [3.05, 3.63) is 66.1 Å². The van der Waals surface area contributed by atoms with Gasteiger partial charge < -0.3 is 10.1 Å². The van der Waals surface area contributed by atoms with Crippen LogP contribution in [-0.4, -0.2) is 57.0 Å². The van der Waals surface area contributed by atoms with E-state index in [1.807, 2.05) is 54.9 Å². The van der Waals surface area contributed by atoms with Crippen molar-refractivity contribution in [1.29, 1.82) is 0 Å². The van der Waals surface area contributed by atoms with Gasteiger partial charge >= 0.3 is 5.97 Å². The highest BCUT2D eigenvalue weighted by atomic mass is 16.4. The predicted octanol–water partition coefficient (Wildman–Crippen LogP) is 2.51. The molecule has 2 N–H and O–H groups in total. The molecule has 0 saturated carbocycles. The summed E-state index contributed by atoms with van der Waals surface area (Å²) in [5, 5.41) is 10.9. The summed E-state index contributed by atoms with van der Waals surface area (Å²) in [6, 6.07) is 13.2. The maximum absolute atomic E-state index is 12.0. The third-order valence-electron chi connectivity index (χ3n) is 5.03. The Kier molecular flexibility index (Phi) is 4.69. The van der Waals surface area contributed by atoms with Crippen molar-refractivity contribution < 1.29 is 9.90 Å². The Morgan fingerprint density at radius 1 is 1.12 bits per heavy atom. The minimum absolute atomic E-state index is 0.622. The number of para-hydroxylation sites is 1. The van der Waals surface area contributed by atoms with Gasteiger partial charge in [0.05, 0.1) is 5.69 Å². The van der Waals surface area contributed by atoms with Crippen molar-refractivity contribution in [3.63, 3.8) is 0 Å². The molecule has 1 atom stereocenters.